The number of nitrogens with one attached hydrogen (secondary N) is 2. The van der Waals surface area contributed by atoms with E-state index in [9.17, 15) is 18.0 Å². The second-order valence-electron chi connectivity index (χ2n) is 7.83. The van der Waals surface area contributed by atoms with Gasteiger partial charge in [0.2, 0.25) is 15.9 Å². The van der Waals surface area contributed by atoms with E-state index < -0.39 is 15.9 Å². The molecular formula is C22H25N3O4S. The third kappa shape index (κ3) is 4.71. The fourth-order valence-corrected chi connectivity index (χ4v) is 5.14. The van der Waals surface area contributed by atoms with Crippen LogP contribution in [-0.4, -0.2) is 43.7 Å². The number of amides is 2. The van der Waals surface area contributed by atoms with Crippen LogP contribution in [0.3, 0.4) is 0 Å². The van der Waals surface area contributed by atoms with E-state index in [0.29, 0.717) is 30.6 Å². The minimum absolute atomic E-state index is 0.144. The van der Waals surface area contributed by atoms with Crippen molar-refractivity contribution < 1.29 is 18.0 Å². The monoisotopic (exact) mass is 427 g/mol. The van der Waals surface area contributed by atoms with E-state index in [1.165, 1.54) is 4.31 Å². The lowest BCUT2D eigenvalue weighted by atomic mass is 9.98. The summed E-state index contributed by atoms with van der Waals surface area (Å²) >= 11 is 0. The Morgan fingerprint density at radius 2 is 1.73 bits per heavy atom. The summed E-state index contributed by atoms with van der Waals surface area (Å²) in [6, 6.07) is 15.4. The Morgan fingerprint density at radius 3 is 2.47 bits per heavy atom. The Hall–Kier alpha value is -2.71. The molecule has 30 heavy (non-hydrogen) atoms. The van der Waals surface area contributed by atoms with Gasteiger partial charge in [-0.15, -0.1) is 0 Å². The van der Waals surface area contributed by atoms with Crippen molar-refractivity contribution in [1.29, 1.82) is 0 Å². The van der Waals surface area contributed by atoms with Crippen LogP contribution in [0.2, 0.25) is 0 Å². The molecule has 0 bridgehead atoms. The highest BCUT2D eigenvalue weighted by Crippen LogP contribution is 2.25. The highest BCUT2D eigenvalue weighted by molar-refractivity contribution is 7.89. The number of sulfonamides is 1. The maximum absolute atomic E-state index is 12.9. The maximum Gasteiger partial charge on any atom is 0.251 e. The van der Waals surface area contributed by atoms with Crippen LogP contribution in [0.5, 0.6) is 0 Å². The van der Waals surface area contributed by atoms with Gasteiger partial charge in [0.15, 0.2) is 0 Å². The van der Waals surface area contributed by atoms with E-state index >= 15 is 0 Å². The van der Waals surface area contributed by atoms with Gasteiger partial charge in [-0.05, 0) is 56.0 Å². The molecule has 7 nitrogen and oxygen atoms in total. The summed E-state index contributed by atoms with van der Waals surface area (Å²) in [7, 11) is -3.62. The van der Waals surface area contributed by atoms with E-state index in [2.05, 4.69) is 10.6 Å². The van der Waals surface area contributed by atoms with Gasteiger partial charge in [-0.25, -0.2) is 8.42 Å². The zero-order valence-electron chi connectivity index (χ0n) is 16.6. The van der Waals surface area contributed by atoms with Crippen LogP contribution in [0.4, 0.5) is 5.69 Å². The summed E-state index contributed by atoms with van der Waals surface area (Å²) in [5, 5.41) is 5.77. The fourth-order valence-electron chi connectivity index (χ4n) is 3.60. The number of hydrogen-bond donors (Lipinski definition) is 2. The molecular weight excluding hydrogens is 402 g/mol. The van der Waals surface area contributed by atoms with Crippen molar-refractivity contribution in [2.24, 2.45) is 5.92 Å². The van der Waals surface area contributed by atoms with Gasteiger partial charge in [0.1, 0.15) is 0 Å². The molecule has 2 amide bonds. The standard InChI is InChI=1S/C22H25N3O4S/c26-21(23-18-11-12-18)16-6-4-8-19(14-16)24-22(27)17-7-5-13-25(15-17)30(28,29)20-9-2-1-3-10-20/h1-4,6,8-10,14,17-18H,5,7,11-13,15H2,(H,23,26)(H,24,27). The number of carbonyl (C=O) groups is 2. The van der Waals surface area contributed by atoms with Crippen LogP contribution in [0.1, 0.15) is 36.0 Å². The molecule has 1 aliphatic carbocycles. The molecule has 158 valence electrons. The van der Waals surface area contributed by atoms with Crippen LogP contribution in [0.25, 0.3) is 0 Å². The van der Waals surface area contributed by atoms with Crippen molar-refractivity contribution in [3.8, 4) is 0 Å². The van der Waals surface area contributed by atoms with E-state index in [0.717, 1.165) is 12.8 Å². The van der Waals surface area contributed by atoms with Crippen LogP contribution in [0, 0.1) is 5.92 Å². The number of benzene rings is 2. The van der Waals surface area contributed by atoms with Crippen molar-refractivity contribution in [2.45, 2.75) is 36.6 Å². The zero-order valence-corrected chi connectivity index (χ0v) is 17.4. The molecule has 1 atom stereocenters. The van der Waals surface area contributed by atoms with Gasteiger partial charge in [0.25, 0.3) is 5.91 Å². The molecule has 2 fully saturated rings. The van der Waals surface area contributed by atoms with Gasteiger partial charge in [-0.3, -0.25) is 9.59 Å². The number of rotatable bonds is 6. The van der Waals surface area contributed by atoms with Crippen molar-refractivity contribution >= 4 is 27.5 Å². The Labute approximate surface area is 176 Å². The summed E-state index contributed by atoms with van der Waals surface area (Å²) in [5.74, 6) is -0.824. The lowest BCUT2D eigenvalue weighted by Gasteiger charge is -2.31. The first-order valence-corrected chi connectivity index (χ1v) is 11.6. The number of anilines is 1. The predicted octanol–water partition coefficient (Wildman–Crippen LogP) is 2.62. The molecule has 1 saturated carbocycles. The average molecular weight is 428 g/mol. The van der Waals surface area contributed by atoms with Crippen LogP contribution in [-0.2, 0) is 14.8 Å². The fraction of sp³-hybridized carbons (Fsp3) is 0.364. The SMILES string of the molecule is O=C(NC1CC1)c1cccc(NC(=O)C2CCCN(S(=O)(=O)c3ccccc3)C2)c1. The van der Waals surface area contributed by atoms with Gasteiger partial charge in [-0.1, -0.05) is 24.3 Å². The van der Waals surface area contributed by atoms with Gasteiger partial charge in [-0.2, -0.15) is 4.31 Å². The highest BCUT2D eigenvalue weighted by atomic mass is 32.2. The largest absolute Gasteiger partial charge is 0.349 e. The number of piperidine rings is 1. The Kier molecular flexibility index (Phi) is 5.87. The number of nitrogens with zero attached hydrogens (tertiary/aromatic N) is 1. The number of carbonyl (C=O) groups excluding carboxylic acids is 2. The molecule has 1 heterocycles. The molecule has 0 spiro atoms. The first kappa shape index (κ1) is 20.6. The lowest BCUT2D eigenvalue weighted by molar-refractivity contribution is -0.120. The molecule has 8 heteroatoms. The second-order valence-corrected chi connectivity index (χ2v) is 9.77. The normalized spacial score (nSPS) is 19.8. The minimum atomic E-state index is -3.62. The quantitative estimate of drug-likeness (QED) is 0.741. The van der Waals surface area contributed by atoms with E-state index in [1.807, 2.05) is 0 Å². The number of hydrogen-bond acceptors (Lipinski definition) is 4. The third-order valence-corrected chi connectivity index (χ3v) is 7.32. The van der Waals surface area contributed by atoms with E-state index in [4.69, 9.17) is 0 Å². The van der Waals surface area contributed by atoms with Crippen molar-refractivity contribution in [3.05, 3.63) is 60.2 Å². The lowest BCUT2D eigenvalue weighted by Crippen LogP contribution is -2.43. The molecule has 4 rings (SSSR count). The summed E-state index contributed by atoms with van der Waals surface area (Å²) < 4.78 is 27.1. The average Bonchev–Trinajstić information content (AvgIpc) is 3.58. The van der Waals surface area contributed by atoms with Crippen molar-refractivity contribution in [1.82, 2.24) is 9.62 Å². The zero-order chi connectivity index (χ0) is 21.1. The summed E-state index contributed by atoms with van der Waals surface area (Å²) in [6.45, 7) is 0.544. The predicted molar refractivity (Wildman–Crippen MR) is 113 cm³/mol. The molecule has 2 aromatic carbocycles. The first-order chi connectivity index (χ1) is 14.4. The Morgan fingerprint density at radius 1 is 0.967 bits per heavy atom. The Balaban J connectivity index is 1.42. The molecule has 1 saturated heterocycles. The van der Waals surface area contributed by atoms with Crippen molar-refractivity contribution in [3.63, 3.8) is 0 Å². The molecule has 0 radical (unpaired) electrons. The van der Waals surface area contributed by atoms with Gasteiger partial charge >= 0.3 is 0 Å². The van der Waals surface area contributed by atoms with Crippen LogP contribution < -0.4 is 10.6 Å². The van der Waals surface area contributed by atoms with Gasteiger partial charge in [0.05, 0.1) is 10.8 Å². The molecule has 2 aromatic rings. The minimum Gasteiger partial charge on any atom is -0.349 e. The molecule has 1 aliphatic heterocycles. The maximum atomic E-state index is 12.9. The van der Waals surface area contributed by atoms with Gasteiger partial charge < -0.3 is 10.6 Å². The summed E-state index contributed by atoms with van der Waals surface area (Å²) in [4.78, 5) is 25.3. The topological polar surface area (TPSA) is 95.6 Å². The highest BCUT2D eigenvalue weighted by Gasteiger charge is 2.33. The molecule has 2 aliphatic rings. The summed E-state index contributed by atoms with van der Waals surface area (Å²) in [5.41, 5.74) is 1.03. The Bertz CT molecular complexity index is 1040. The van der Waals surface area contributed by atoms with E-state index in [1.54, 1.807) is 54.6 Å². The van der Waals surface area contributed by atoms with E-state index in [-0.39, 0.29) is 29.3 Å². The van der Waals surface area contributed by atoms with Crippen LogP contribution >= 0.6 is 0 Å². The third-order valence-electron chi connectivity index (χ3n) is 5.44. The molecule has 1 unspecified atom stereocenters. The second kappa shape index (κ2) is 8.57. The molecule has 2 N–H and O–H groups in total. The smallest absolute Gasteiger partial charge is 0.251 e. The first-order valence-electron chi connectivity index (χ1n) is 10.2. The van der Waals surface area contributed by atoms with Crippen LogP contribution in [0.15, 0.2) is 59.5 Å². The molecule has 0 aromatic heterocycles. The van der Waals surface area contributed by atoms with Gasteiger partial charge in [0, 0.05) is 30.4 Å². The van der Waals surface area contributed by atoms with Crippen molar-refractivity contribution in [2.75, 3.05) is 18.4 Å². The summed E-state index contributed by atoms with van der Waals surface area (Å²) in [6.07, 6.45) is 3.25.